The maximum Gasteiger partial charge on any atom is 0.254 e. The number of hydrogen-bond donors (Lipinski definition) is 0. The maximum absolute atomic E-state index is 13.4. The minimum atomic E-state index is 0.115. The summed E-state index contributed by atoms with van der Waals surface area (Å²) in [5.74, 6) is 0.815. The van der Waals surface area contributed by atoms with E-state index in [4.69, 9.17) is 11.6 Å². The number of nitrogens with zero attached hydrogens (tertiary/aromatic N) is 7. The number of anilines is 1. The Morgan fingerprint density at radius 2 is 1.67 bits per heavy atom. The van der Waals surface area contributed by atoms with E-state index >= 15 is 0 Å². The van der Waals surface area contributed by atoms with Gasteiger partial charge in [-0.05, 0) is 49.9 Å². The SMILES string of the molecule is O=C(c1ccc(-n2cncn2)cc1)N(C1CC1)C1CCN(c2ncc(Cl)cn2)CC1. The molecule has 1 aliphatic carbocycles. The number of rotatable bonds is 5. The largest absolute Gasteiger partial charge is 0.341 e. The summed E-state index contributed by atoms with van der Waals surface area (Å²) in [5, 5.41) is 4.67. The molecule has 154 valence electrons. The first-order chi connectivity index (χ1) is 14.7. The smallest absolute Gasteiger partial charge is 0.254 e. The van der Waals surface area contributed by atoms with Crippen molar-refractivity contribution >= 4 is 23.5 Å². The number of carbonyl (C=O) groups excluding carboxylic acids is 1. The second-order valence-electron chi connectivity index (χ2n) is 7.75. The molecule has 30 heavy (non-hydrogen) atoms. The third kappa shape index (κ3) is 3.87. The van der Waals surface area contributed by atoms with Crippen LogP contribution in [0.15, 0.2) is 49.3 Å². The minimum Gasteiger partial charge on any atom is -0.341 e. The van der Waals surface area contributed by atoms with Crippen molar-refractivity contribution in [3.8, 4) is 5.69 Å². The molecule has 8 nitrogen and oxygen atoms in total. The van der Waals surface area contributed by atoms with Crippen LogP contribution in [0.5, 0.6) is 0 Å². The average molecular weight is 424 g/mol. The van der Waals surface area contributed by atoms with Gasteiger partial charge in [-0.1, -0.05) is 11.6 Å². The van der Waals surface area contributed by atoms with E-state index in [2.05, 4.69) is 29.9 Å². The summed E-state index contributed by atoms with van der Waals surface area (Å²) >= 11 is 5.89. The molecule has 2 aliphatic rings. The first-order valence-corrected chi connectivity index (χ1v) is 10.6. The van der Waals surface area contributed by atoms with Gasteiger partial charge in [0.05, 0.1) is 23.1 Å². The fraction of sp³-hybridized carbons (Fsp3) is 0.381. The van der Waals surface area contributed by atoms with E-state index in [0.717, 1.165) is 44.5 Å². The van der Waals surface area contributed by atoms with E-state index in [1.54, 1.807) is 23.4 Å². The molecule has 1 aromatic carbocycles. The molecule has 0 atom stereocenters. The number of amides is 1. The van der Waals surface area contributed by atoms with Gasteiger partial charge in [0.15, 0.2) is 0 Å². The molecule has 3 aromatic rings. The topological polar surface area (TPSA) is 80.0 Å². The Labute approximate surface area is 179 Å². The van der Waals surface area contributed by atoms with Crippen LogP contribution in [0.3, 0.4) is 0 Å². The highest BCUT2D eigenvalue weighted by Gasteiger charge is 2.39. The van der Waals surface area contributed by atoms with Gasteiger partial charge >= 0.3 is 0 Å². The number of piperidine rings is 1. The molecule has 1 saturated heterocycles. The zero-order valence-corrected chi connectivity index (χ0v) is 17.2. The van der Waals surface area contributed by atoms with Crippen molar-refractivity contribution in [3.05, 3.63) is 59.9 Å². The van der Waals surface area contributed by atoms with Crippen LogP contribution in [0.4, 0.5) is 5.95 Å². The molecular formula is C21H22ClN7O. The lowest BCUT2D eigenvalue weighted by molar-refractivity contribution is 0.0630. The van der Waals surface area contributed by atoms with Gasteiger partial charge in [-0.2, -0.15) is 5.10 Å². The molecule has 1 saturated carbocycles. The highest BCUT2D eigenvalue weighted by atomic mass is 35.5. The molecule has 0 unspecified atom stereocenters. The van der Waals surface area contributed by atoms with Crippen LogP contribution in [0.25, 0.3) is 5.69 Å². The molecule has 2 aromatic heterocycles. The second kappa shape index (κ2) is 8.02. The van der Waals surface area contributed by atoms with Gasteiger partial charge < -0.3 is 9.80 Å². The van der Waals surface area contributed by atoms with Crippen LogP contribution < -0.4 is 4.90 Å². The highest BCUT2D eigenvalue weighted by molar-refractivity contribution is 6.30. The highest BCUT2D eigenvalue weighted by Crippen LogP contribution is 2.33. The number of aromatic nitrogens is 5. The van der Waals surface area contributed by atoms with E-state index in [9.17, 15) is 4.79 Å². The Bertz CT molecular complexity index is 995. The Hall–Kier alpha value is -3.00. The van der Waals surface area contributed by atoms with Crippen molar-refractivity contribution in [2.45, 2.75) is 37.8 Å². The van der Waals surface area contributed by atoms with E-state index in [0.29, 0.717) is 22.6 Å². The zero-order chi connectivity index (χ0) is 20.5. The Morgan fingerprint density at radius 1 is 1.00 bits per heavy atom. The van der Waals surface area contributed by atoms with Gasteiger partial charge in [-0.25, -0.2) is 19.6 Å². The monoisotopic (exact) mass is 423 g/mol. The first kappa shape index (κ1) is 19.0. The summed E-state index contributed by atoms with van der Waals surface area (Å²) in [6.45, 7) is 1.65. The average Bonchev–Trinajstić information content (AvgIpc) is 3.46. The van der Waals surface area contributed by atoms with Crippen molar-refractivity contribution in [2.75, 3.05) is 18.0 Å². The predicted octanol–water partition coefficient (Wildman–Crippen LogP) is 2.98. The molecule has 0 radical (unpaired) electrons. The summed E-state index contributed by atoms with van der Waals surface area (Å²) in [6, 6.07) is 8.18. The lowest BCUT2D eigenvalue weighted by Crippen LogP contribution is -2.48. The van der Waals surface area contributed by atoms with Crippen LogP contribution in [0.2, 0.25) is 5.02 Å². The third-order valence-electron chi connectivity index (χ3n) is 5.72. The summed E-state index contributed by atoms with van der Waals surface area (Å²) < 4.78 is 1.68. The summed E-state index contributed by atoms with van der Waals surface area (Å²) in [7, 11) is 0. The van der Waals surface area contributed by atoms with Crippen LogP contribution in [-0.2, 0) is 0 Å². The van der Waals surface area contributed by atoms with E-state index in [-0.39, 0.29) is 11.9 Å². The lowest BCUT2D eigenvalue weighted by atomic mass is 10.0. The quantitative estimate of drug-likeness (QED) is 0.627. The maximum atomic E-state index is 13.4. The minimum absolute atomic E-state index is 0.115. The molecule has 9 heteroatoms. The van der Waals surface area contributed by atoms with Gasteiger partial charge in [0, 0.05) is 30.7 Å². The summed E-state index contributed by atoms with van der Waals surface area (Å²) in [4.78, 5) is 30.2. The van der Waals surface area contributed by atoms with Gasteiger partial charge in [0.1, 0.15) is 12.7 Å². The van der Waals surface area contributed by atoms with Crippen molar-refractivity contribution in [1.29, 1.82) is 0 Å². The van der Waals surface area contributed by atoms with E-state index in [1.165, 1.54) is 6.33 Å². The molecule has 0 bridgehead atoms. The molecular weight excluding hydrogens is 402 g/mol. The van der Waals surface area contributed by atoms with E-state index < -0.39 is 0 Å². The molecule has 5 rings (SSSR count). The van der Waals surface area contributed by atoms with Gasteiger partial charge in [0.2, 0.25) is 5.95 Å². The van der Waals surface area contributed by atoms with Crippen LogP contribution >= 0.6 is 11.6 Å². The third-order valence-corrected chi connectivity index (χ3v) is 5.91. The fourth-order valence-corrected chi connectivity index (χ4v) is 4.14. The van der Waals surface area contributed by atoms with E-state index in [1.807, 2.05) is 24.3 Å². The first-order valence-electron chi connectivity index (χ1n) is 10.2. The molecule has 3 heterocycles. The second-order valence-corrected chi connectivity index (χ2v) is 8.19. The number of benzene rings is 1. The molecule has 2 fully saturated rings. The van der Waals surface area contributed by atoms with Crippen molar-refractivity contribution in [3.63, 3.8) is 0 Å². The number of halogens is 1. The van der Waals surface area contributed by atoms with Gasteiger partial charge in [-0.3, -0.25) is 4.79 Å². The van der Waals surface area contributed by atoms with Crippen molar-refractivity contribution in [1.82, 2.24) is 29.6 Å². The number of carbonyl (C=O) groups is 1. The van der Waals surface area contributed by atoms with Crippen molar-refractivity contribution in [2.24, 2.45) is 0 Å². The van der Waals surface area contributed by atoms with Crippen LogP contribution in [0, 0.1) is 0 Å². The normalized spacial score (nSPS) is 17.2. The summed E-state index contributed by atoms with van der Waals surface area (Å²) in [6.07, 6.45) is 10.4. The Kier molecular flexibility index (Phi) is 5.08. The molecule has 1 aliphatic heterocycles. The Balaban J connectivity index is 1.28. The van der Waals surface area contributed by atoms with Gasteiger partial charge in [-0.15, -0.1) is 0 Å². The zero-order valence-electron chi connectivity index (χ0n) is 16.4. The van der Waals surface area contributed by atoms with Crippen molar-refractivity contribution < 1.29 is 4.79 Å². The standard InChI is InChI=1S/C21H22ClN7O/c22-16-11-24-21(25-12-16)27-9-7-19(8-10-27)29(18-5-6-18)20(30)15-1-3-17(4-2-15)28-14-23-13-26-28/h1-4,11-14,18-19H,5-10H2. The number of hydrogen-bond acceptors (Lipinski definition) is 6. The fourth-order valence-electron chi connectivity index (χ4n) is 4.04. The Morgan fingerprint density at radius 3 is 2.27 bits per heavy atom. The molecule has 0 spiro atoms. The predicted molar refractivity (Wildman–Crippen MR) is 113 cm³/mol. The summed E-state index contributed by atoms with van der Waals surface area (Å²) in [5.41, 5.74) is 1.60. The molecule has 0 N–H and O–H groups in total. The van der Waals surface area contributed by atoms with Gasteiger partial charge in [0.25, 0.3) is 5.91 Å². The lowest BCUT2D eigenvalue weighted by Gasteiger charge is -2.39. The molecule has 1 amide bonds. The van der Waals surface area contributed by atoms with Crippen LogP contribution in [-0.4, -0.2) is 60.7 Å². The van der Waals surface area contributed by atoms with Crippen LogP contribution in [0.1, 0.15) is 36.0 Å².